The smallest absolute Gasteiger partial charge is 0.137 e. The van der Waals surface area contributed by atoms with Gasteiger partial charge in [0.05, 0.1) is 10.5 Å². The molecule has 1 atom stereocenters. The van der Waals surface area contributed by atoms with Gasteiger partial charge in [0, 0.05) is 18.0 Å². The van der Waals surface area contributed by atoms with E-state index in [1.165, 1.54) is 12.4 Å². The predicted molar refractivity (Wildman–Crippen MR) is 76.3 cm³/mol. The average Bonchev–Trinajstić information content (AvgIpc) is 2.44. The Hall–Kier alpha value is -1.33. The van der Waals surface area contributed by atoms with E-state index in [4.69, 9.17) is 0 Å². The maximum atomic E-state index is 13.7. The SMILES string of the molecule is CCCNC(c1cncnc1)c1ccc(Br)c(F)c1. The molecule has 1 N–H and O–H groups in total. The molecule has 0 aliphatic carbocycles. The summed E-state index contributed by atoms with van der Waals surface area (Å²) in [6, 6.07) is 5.05. The van der Waals surface area contributed by atoms with Gasteiger partial charge in [-0.05, 0) is 46.6 Å². The van der Waals surface area contributed by atoms with Crippen molar-refractivity contribution in [2.45, 2.75) is 19.4 Å². The number of rotatable bonds is 5. The van der Waals surface area contributed by atoms with Gasteiger partial charge in [0.25, 0.3) is 0 Å². The van der Waals surface area contributed by atoms with Gasteiger partial charge in [-0.25, -0.2) is 14.4 Å². The summed E-state index contributed by atoms with van der Waals surface area (Å²) >= 11 is 3.17. The van der Waals surface area contributed by atoms with Crippen LogP contribution in [0.3, 0.4) is 0 Å². The van der Waals surface area contributed by atoms with Gasteiger partial charge in [0.1, 0.15) is 12.1 Å². The monoisotopic (exact) mass is 323 g/mol. The summed E-state index contributed by atoms with van der Waals surface area (Å²) in [7, 11) is 0. The van der Waals surface area contributed by atoms with Gasteiger partial charge < -0.3 is 5.32 Å². The number of hydrogen-bond donors (Lipinski definition) is 1. The predicted octanol–water partition coefficient (Wildman–Crippen LogP) is 3.47. The number of aromatic nitrogens is 2. The Labute approximate surface area is 120 Å². The molecule has 19 heavy (non-hydrogen) atoms. The van der Waals surface area contributed by atoms with Crippen LogP contribution < -0.4 is 5.32 Å². The quantitative estimate of drug-likeness (QED) is 0.915. The van der Waals surface area contributed by atoms with E-state index in [-0.39, 0.29) is 11.9 Å². The Morgan fingerprint density at radius 1 is 1.26 bits per heavy atom. The first kappa shape index (κ1) is 14.1. The molecule has 0 saturated carbocycles. The third-order valence-electron chi connectivity index (χ3n) is 2.79. The van der Waals surface area contributed by atoms with Crippen LogP contribution in [0, 0.1) is 5.82 Å². The first-order valence-corrected chi connectivity index (χ1v) is 6.95. The van der Waals surface area contributed by atoms with Crippen molar-refractivity contribution in [3.63, 3.8) is 0 Å². The largest absolute Gasteiger partial charge is 0.306 e. The number of nitrogens with one attached hydrogen (secondary N) is 1. The lowest BCUT2D eigenvalue weighted by Gasteiger charge is -2.19. The van der Waals surface area contributed by atoms with E-state index in [1.807, 2.05) is 6.07 Å². The van der Waals surface area contributed by atoms with Crippen molar-refractivity contribution in [3.05, 3.63) is 58.3 Å². The Morgan fingerprint density at radius 2 is 2.00 bits per heavy atom. The number of halogens is 2. The van der Waals surface area contributed by atoms with Crippen molar-refractivity contribution in [3.8, 4) is 0 Å². The van der Waals surface area contributed by atoms with Crippen molar-refractivity contribution in [1.82, 2.24) is 15.3 Å². The highest BCUT2D eigenvalue weighted by molar-refractivity contribution is 9.10. The maximum Gasteiger partial charge on any atom is 0.137 e. The van der Waals surface area contributed by atoms with Crippen LogP contribution in [0.15, 0.2) is 41.4 Å². The average molecular weight is 324 g/mol. The van der Waals surface area contributed by atoms with Crippen LogP contribution in [0.4, 0.5) is 4.39 Å². The molecule has 0 amide bonds. The zero-order valence-electron chi connectivity index (χ0n) is 10.6. The topological polar surface area (TPSA) is 37.8 Å². The van der Waals surface area contributed by atoms with Gasteiger partial charge in [0.15, 0.2) is 0 Å². The lowest BCUT2D eigenvalue weighted by atomic mass is 10.0. The van der Waals surface area contributed by atoms with Crippen LogP contribution >= 0.6 is 15.9 Å². The molecule has 0 aliphatic rings. The molecule has 2 aromatic rings. The van der Waals surface area contributed by atoms with Gasteiger partial charge in [0.2, 0.25) is 0 Å². The number of benzene rings is 1. The van der Waals surface area contributed by atoms with Crippen LogP contribution in [0.2, 0.25) is 0 Å². The standard InChI is InChI=1S/C14H15BrFN3/c1-2-5-19-14(11-7-17-9-18-8-11)10-3-4-12(15)13(16)6-10/h3-4,6-9,14,19H,2,5H2,1H3. The van der Waals surface area contributed by atoms with Crippen LogP contribution in [0.5, 0.6) is 0 Å². The molecular formula is C14H15BrFN3. The highest BCUT2D eigenvalue weighted by Gasteiger charge is 2.15. The summed E-state index contributed by atoms with van der Waals surface area (Å²) < 4.78 is 14.1. The molecule has 2 rings (SSSR count). The molecule has 0 saturated heterocycles. The molecule has 100 valence electrons. The molecule has 1 unspecified atom stereocenters. The summed E-state index contributed by atoms with van der Waals surface area (Å²) in [6.45, 7) is 2.94. The number of nitrogens with zero attached hydrogens (tertiary/aromatic N) is 2. The highest BCUT2D eigenvalue weighted by Crippen LogP contribution is 2.25. The molecule has 0 aliphatic heterocycles. The summed E-state index contributed by atoms with van der Waals surface area (Å²) in [4.78, 5) is 8.05. The minimum Gasteiger partial charge on any atom is -0.306 e. The van der Waals surface area contributed by atoms with Crippen molar-refractivity contribution in [2.24, 2.45) is 0 Å². The molecule has 0 radical (unpaired) electrons. The fourth-order valence-corrected chi connectivity index (χ4v) is 2.12. The lowest BCUT2D eigenvalue weighted by molar-refractivity contribution is 0.581. The zero-order valence-corrected chi connectivity index (χ0v) is 12.2. The Morgan fingerprint density at radius 3 is 2.63 bits per heavy atom. The molecule has 1 aromatic heterocycles. The fraction of sp³-hybridized carbons (Fsp3) is 0.286. The van der Waals surface area contributed by atoms with Gasteiger partial charge >= 0.3 is 0 Å². The fourth-order valence-electron chi connectivity index (χ4n) is 1.87. The van der Waals surface area contributed by atoms with E-state index in [2.05, 4.69) is 38.1 Å². The summed E-state index contributed by atoms with van der Waals surface area (Å²) in [5.41, 5.74) is 1.79. The van der Waals surface area contributed by atoms with E-state index in [9.17, 15) is 4.39 Å². The second-order valence-electron chi connectivity index (χ2n) is 4.23. The first-order chi connectivity index (χ1) is 9.22. The van der Waals surface area contributed by atoms with Crippen LogP contribution in [-0.4, -0.2) is 16.5 Å². The van der Waals surface area contributed by atoms with Gasteiger partial charge in [-0.1, -0.05) is 13.0 Å². The van der Waals surface area contributed by atoms with Crippen LogP contribution in [0.1, 0.15) is 30.5 Å². The molecule has 3 nitrogen and oxygen atoms in total. The maximum absolute atomic E-state index is 13.7. The minimum absolute atomic E-state index is 0.0938. The van der Waals surface area contributed by atoms with Gasteiger partial charge in [-0.15, -0.1) is 0 Å². The molecule has 0 spiro atoms. The number of hydrogen-bond acceptors (Lipinski definition) is 3. The van der Waals surface area contributed by atoms with E-state index in [0.29, 0.717) is 4.47 Å². The van der Waals surface area contributed by atoms with Gasteiger partial charge in [-0.3, -0.25) is 0 Å². The summed E-state index contributed by atoms with van der Waals surface area (Å²) in [6.07, 6.45) is 5.99. The molecule has 5 heteroatoms. The van der Waals surface area contributed by atoms with Crippen molar-refractivity contribution in [2.75, 3.05) is 6.54 Å². The molecular weight excluding hydrogens is 309 g/mol. The van der Waals surface area contributed by atoms with Crippen molar-refractivity contribution >= 4 is 15.9 Å². The van der Waals surface area contributed by atoms with E-state index in [1.54, 1.807) is 18.5 Å². The second-order valence-corrected chi connectivity index (χ2v) is 5.09. The van der Waals surface area contributed by atoms with E-state index in [0.717, 1.165) is 24.1 Å². The molecule has 1 heterocycles. The lowest BCUT2D eigenvalue weighted by Crippen LogP contribution is -2.23. The Bertz CT molecular complexity index is 533. The van der Waals surface area contributed by atoms with Gasteiger partial charge in [-0.2, -0.15) is 0 Å². The minimum atomic E-state index is -0.266. The Kier molecular flexibility index (Phi) is 4.99. The molecule has 0 bridgehead atoms. The highest BCUT2D eigenvalue weighted by atomic mass is 79.9. The zero-order chi connectivity index (χ0) is 13.7. The van der Waals surface area contributed by atoms with E-state index < -0.39 is 0 Å². The molecule has 0 fully saturated rings. The van der Waals surface area contributed by atoms with Crippen molar-refractivity contribution < 1.29 is 4.39 Å². The Balaban J connectivity index is 2.34. The van der Waals surface area contributed by atoms with Crippen LogP contribution in [0.25, 0.3) is 0 Å². The summed E-state index contributed by atoms with van der Waals surface area (Å²) in [5, 5.41) is 3.39. The second kappa shape index (κ2) is 6.73. The third kappa shape index (κ3) is 3.58. The summed E-state index contributed by atoms with van der Waals surface area (Å²) in [5.74, 6) is -0.266. The van der Waals surface area contributed by atoms with Crippen LogP contribution in [-0.2, 0) is 0 Å². The first-order valence-electron chi connectivity index (χ1n) is 6.15. The third-order valence-corrected chi connectivity index (χ3v) is 3.43. The normalized spacial score (nSPS) is 12.4. The molecule has 1 aromatic carbocycles. The van der Waals surface area contributed by atoms with Crippen molar-refractivity contribution in [1.29, 1.82) is 0 Å². The van der Waals surface area contributed by atoms with E-state index >= 15 is 0 Å².